The zero-order chi connectivity index (χ0) is 6.83. The molecule has 2 heteroatoms. The summed E-state index contributed by atoms with van der Waals surface area (Å²) in [6, 6.07) is 0. The lowest BCUT2D eigenvalue weighted by Crippen LogP contribution is -2.09. The molecule has 0 atom stereocenters. The van der Waals surface area contributed by atoms with E-state index in [1.165, 1.54) is 13.2 Å². The maximum Gasteiger partial charge on any atom is 0.0194 e. The number of hydrogen-bond acceptors (Lipinski definition) is 2. The van der Waals surface area contributed by atoms with Crippen molar-refractivity contribution in [1.29, 1.82) is 0 Å². The van der Waals surface area contributed by atoms with Crippen LogP contribution in [0.15, 0.2) is 0 Å². The molecule has 0 fully saturated rings. The highest BCUT2D eigenvalue weighted by Crippen LogP contribution is 1.85. The van der Waals surface area contributed by atoms with Crippen LogP contribution in [0.5, 0.6) is 0 Å². The Bertz CT molecular complexity index is 24.4. The molecule has 0 aromatic rings. The Morgan fingerprint density at radius 3 is 2.57 bits per heavy atom. The Hall–Kier alpha value is 0.310. The van der Waals surface area contributed by atoms with Crippen molar-refractivity contribution in [3.8, 4) is 0 Å². The van der Waals surface area contributed by atoms with Crippen LogP contribution in [0.3, 0.4) is 0 Å². The molecule has 7 heavy (non-hydrogen) atoms. The third-order valence-corrected chi connectivity index (χ3v) is 1.17. The zero-order valence-electron chi connectivity index (χ0n) is 6.32. The van der Waals surface area contributed by atoms with Gasteiger partial charge in [0.05, 0.1) is 0 Å². The topological polar surface area (TPSA) is 12.0 Å². The lowest BCUT2D eigenvalue weighted by Gasteiger charge is -1.89. The van der Waals surface area contributed by atoms with Gasteiger partial charge in [0.15, 0.2) is 0 Å². The second kappa shape index (κ2) is 9.58. The fraction of sp³-hybridized carbons (Fsp3) is 1.00. The van der Waals surface area contributed by atoms with Gasteiger partial charge in [0, 0.05) is 13.7 Å². The van der Waals surface area contributed by atoms with E-state index in [2.05, 4.69) is 11.6 Å². The van der Waals surface area contributed by atoms with Gasteiger partial charge in [0.1, 0.15) is 0 Å². The van der Waals surface area contributed by atoms with Crippen molar-refractivity contribution in [2.75, 3.05) is 25.6 Å². The highest BCUT2D eigenvalue weighted by Gasteiger charge is 1.73. The quantitative estimate of drug-likeness (QED) is 0.565. The molecule has 1 nitrogen and oxygen atoms in total. The fourth-order valence-electron chi connectivity index (χ4n) is 0.204. The molecule has 0 aromatic carbocycles. The lowest BCUT2D eigenvalue weighted by atomic mass is 10.8. The van der Waals surface area contributed by atoms with Gasteiger partial charge in [-0.25, -0.2) is 0 Å². The van der Waals surface area contributed by atoms with Gasteiger partial charge >= 0.3 is 0 Å². The monoisotopic (exact) mass is 122 g/mol. The van der Waals surface area contributed by atoms with Crippen molar-refractivity contribution >= 4 is 11.8 Å². The molecule has 0 rings (SSSR count). The molecule has 0 aliphatic heterocycles. The maximum absolute atomic E-state index is 5.75. The molecular weight excluding hydrogens is 106 g/mol. The first-order valence-corrected chi connectivity index (χ1v) is 3.44. The van der Waals surface area contributed by atoms with Gasteiger partial charge in [-0.3, -0.25) is 0 Å². The molecule has 0 spiro atoms. The Morgan fingerprint density at radius 1 is 1.86 bits per heavy atom. The molecule has 0 aliphatic rings. The van der Waals surface area contributed by atoms with Gasteiger partial charge < -0.3 is 5.32 Å². The molecule has 0 amide bonds. The zero-order valence-corrected chi connectivity index (χ0v) is 6.14. The van der Waals surface area contributed by atoms with Crippen molar-refractivity contribution in [3.05, 3.63) is 0 Å². The average Bonchev–Trinajstić information content (AvgIpc) is 1.88. The minimum absolute atomic E-state index is 1.13. The standard InChI is InChI=1S/C4H11NS.CH4/c1-5-3-4-6-2;/h5H,3-4H2,1-2H3;1H4/i;1D. The first-order valence-electron chi connectivity index (χ1n) is 3.05. The Kier molecular flexibility index (Phi) is 10.0. The predicted octanol–water partition coefficient (Wildman–Crippen LogP) is 1.20. The van der Waals surface area contributed by atoms with Crippen LogP contribution >= 0.6 is 11.8 Å². The van der Waals surface area contributed by atoms with E-state index in [0.29, 0.717) is 0 Å². The molecular formula is C5H15NS. The second-order valence-corrected chi connectivity index (χ2v) is 2.08. The van der Waals surface area contributed by atoms with E-state index >= 15 is 0 Å². The molecule has 0 radical (unpaired) electrons. The number of rotatable bonds is 3. The number of thioether (sulfide) groups is 1. The minimum atomic E-state index is 1.13. The van der Waals surface area contributed by atoms with Gasteiger partial charge in [-0.15, -0.1) is 0 Å². The van der Waals surface area contributed by atoms with Crippen LogP contribution in [0.1, 0.15) is 8.77 Å². The summed E-state index contributed by atoms with van der Waals surface area (Å²) in [7, 11) is 3.22. The van der Waals surface area contributed by atoms with Crippen molar-refractivity contribution in [1.82, 2.24) is 5.32 Å². The second-order valence-electron chi connectivity index (χ2n) is 1.10. The first-order chi connectivity index (χ1) is 3.91. The molecule has 0 saturated carbocycles. The van der Waals surface area contributed by atoms with Crippen LogP contribution in [0.2, 0.25) is 0 Å². The molecule has 0 aromatic heterocycles. The van der Waals surface area contributed by atoms with Gasteiger partial charge in [0.2, 0.25) is 0 Å². The average molecular weight is 122 g/mol. The van der Waals surface area contributed by atoms with E-state index in [1.807, 2.05) is 18.8 Å². The van der Waals surface area contributed by atoms with E-state index in [-0.39, 0.29) is 0 Å². The largest absolute Gasteiger partial charge is 0.319 e. The van der Waals surface area contributed by atoms with E-state index in [1.54, 1.807) is 0 Å². The van der Waals surface area contributed by atoms with E-state index in [4.69, 9.17) is 1.37 Å². The highest BCUT2D eigenvalue weighted by atomic mass is 32.2. The van der Waals surface area contributed by atoms with Crippen molar-refractivity contribution < 1.29 is 1.37 Å². The van der Waals surface area contributed by atoms with Crippen LogP contribution < -0.4 is 5.32 Å². The molecule has 0 aliphatic carbocycles. The molecule has 46 valence electrons. The highest BCUT2D eigenvalue weighted by molar-refractivity contribution is 7.98. The predicted molar refractivity (Wildman–Crippen MR) is 39.0 cm³/mol. The first kappa shape index (κ1) is 7.31. The Labute approximate surface area is 52.3 Å². The fourth-order valence-corrected chi connectivity index (χ4v) is 0.612. The van der Waals surface area contributed by atoms with Crippen molar-refractivity contribution in [2.45, 2.75) is 7.40 Å². The van der Waals surface area contributed by atoms with E-state index in [0.717, 1.165) is 6.54 Å². The van der Waals surface area contributed by atoms with Crippen molar-refractivity contribution in [2.24, 2.45) is 0 Å². The lowest BCUT2D eigenvalue weighted by molar-refractivity contribution is 0.873. The van der Waals surface area contributed by atoms with Gasteiger partial charge in [-0.1, -0.05) is 7.40 Å². The summed E-state index contributed by atoms with van der Waals surface area (Å²) in [6.07, 6.45) is 2.11. The summed E-state index contributed by atoms with van der Waals surface area (Å²) in [5, 5.41) is 3.05. The third-order valence-electron chi connectivity index (χ3n) is 0.556. The number of nitrogens with one attached hydrogen (secondary N) is 1. The van der Waals surface area contributed by atoms with Crippen LogP contribution in [0.4, 0.5) is 0 Å². The third kappa shape index (κ3) is 10.7. The van der Waals surface area contributed by atoms with Crippen LogP contribution in [-0.4, -0.2) is 25.6 Å². The summed E-state index contributed by atoms with van der Waals surface area (Å²) < 4.78 is 5.75. The molecule has 0 unspecified atom stereocenters. The number of hydrogen-bond donors (Lipinski definition) is 1. The Balaban J connectivity index is 0. The smallest absolute Gasteiger partial charge is 0.0194 e. The molecule has 1 N–H and O–H groups in total. The van der Waals surface area contributed by atoms with Crippen LogP contribution in [-0.2, 0) is 0 Å². The summed E-state index contributed by atoms with van der Waals surface area (Å²) in [6.45, 7) is 1.13. The van der Waals surface area contributed by atoms with Gasteiger partial charge in [0.25, 0.3) is 0 Å². The summed E-state index contributed by atoms with van der Waals surface area (Å²) in [5.74, 6) is 1.22. The molecule has 0 saturated heterocycles. The SMILES string of the molecule is CNCCSC.[2H]C. The summed E-state index contributed by atoms with van der Waals surface area (Å²) in [4.78, 5) is 0. The van der Waals surface area contributed by atoms with E-state index < -0.39 is 0 Å². The maximum atomic E-state index is 5.75. The minimum Gasteiger partial charge on any atom is -0.319 e. The molecule has 0 bridgehead atoms. The summed E-state index contributed by atoms with van der Waals surface area (Å²) >= 11 is 1.86. The normalized spacial score (nSPS) is 8.71. The van der Waals surface area contributed by atoms with Crippen LogP contribution in [0.25, 0.3) is 0 Å². The van der Waals surface area contributed by atoms with Crippen LogP contribution in [0, 0.1) is 0 Å². The summed E-state index contributed by atoms with van der Waals surface area (Å²) in [5.41, 5.74) is 0. The van der Waals surface area contributed by atoms with E-state index in [9.17, 15) is 0 Å². The van der Waals surface area contributed by atoms with Gasteiger partial charge in [-0.05, 0) is 13.3 Å². The molecule has 0 heterocycles. The Morgan fingerprint density at radius 2 is 2.43 bits per heavy atom. The van der Waals surface area contributed by atoms with Gasteiger partial charge in [-0.2, -0.15) is 11.8 Å². The van der Waals surface area contributed by atoms with Crippen molar-refractivity contribution in [3.63, 3.8) is 0 Å².